The molecule has 19 heavy (non-hydrogen) atoms. The molecule has 2 saturated heterocycles. The largest absolute Gasteiger partial charge is 0.338 e. The van der Waals surface area contributed by atoms with Gasteiger partial charge in [0.15, 0.2) is 0 Å². The van der Waals surface area contributed by atoms with Gasteiger partial charge in [-0.05, 0) is 45.7 Å². The summed E-state index contributed by atoms with van der Waals surface area (Å²) in [6.07, 6.45) is 4.36. The van der Waals surface area contributed by atoms with Crippen molar-refractivity contribution >= 4 is 6.41 Å². The number of carbonyl (C=O) groups is 1. The standard InChI is InChI=1S/C14H22F2N2O/c1-11-2-3-12(18(11)10-19)8-17-6-4-13(5-7-17)9-14(13,15)16/h10-12H,2-9H2,1H3. The van der Waals surface area contributed by atoms with Crippen molar-refractivity contribution in [3.8, 4) is 0 Å². The first-order valence-electron chi connectivity index (χ1n) is 7.30. The normalized spacial score (nSPS) is 36.7. The second kappa shape index (κ2) is 4.40. The van der Waals surface area contributed by atoms with E-state index >= 15 is 0 Å². The Morgan fingerprint density at radius 2 is 1.89 bits per heavy atom. The third-order valence-corrected chi connectivity index (χ3v) is 5.46. The number of halogens is 2. The van der Waals surface area contributed by atoms with Gasteiger partial charge in [-0.1, -0.05) is 0 Å². The summed E-state index contributed by atoms with van der Waals surface area (Å²) in [5.41, 5.74) is -0.670. The highest BCUT2D eigenvalue weighted by Gasteiger charge is 2.70. The molecule has 1 aliphatic carbocycles. The second-order valence-corrected chi connectivity index (χ2v) is 6.59. The lowest BCUT2D eigenvalue weighted by Gasteiger charge is -2.35. The van der Waals surface area contributed by atoms with Crippen molar-refractivity contribution in [2.24, 2.45) is 5.41 Å². The maximum absolute atomic E-state index is 13.3. The van der Waals surface area contributed by atoms with E-state index in [4.69, 9.17) is 0 Å². The van der Waals surface area contributed by atoms with Gasteiger partial charge in [0.1, 0.15) is 0 Å². The van der Waals surface area contributed by atoms with Crippen molar-refractivity contribution in [1.29, 1.82) is 0 Å². The summed E-state index contributed by atoms with van der Waals surface area (Å²) in [5, 5.41) is 0. The second-order valence-electron chi connectivity index (χ2n) is 6.59. The van der Waals surface area contributed by atoms with E-state index in [2.05, 4.69) is 11.8 Å². The molecule has 2 aliphatic heterocycles. The fraction of sp³-hybridized carbons (Fsp3) is 0.929. The van der Waals surface area contributed by atoms with Crippen LogP contribution in [0.3, 0.4) is 0 Å². The number of nitrogens with zero attached hydrogens (tertiary/aromatic N) is 2. The van der Waals surface area contributed by atoms with Crippen molar-refractivity contribution in [3.05, 3.63) is 0 Å². The summed E-state index contributed by atoms with van der Waals surface area (Å²) in [5.74, 6) is -2.41. The SMILES string of the molecule is CC1CCC(CN2CCC3(CC2)CC3(F)F)N1C=O. The molecule has 1 saturated carbocycles. The molecular formula is C14H22F2N2O. The molecule has 0 radical (unpaired) electrons. The zero-order valence-electron chi connectivity index (χ0n) is 11.4. The van der Waals surface area contributed by atoms with Crippen molar-refractivity contribution in [3.63, 3.8) is 0 Å². The van der Waals surface area contributed by atoms with Crippen LogP contribution in [0.2, 0.25) is 0 Å². The van der Waals surface area contributed by atoms with E-state index < -0.39 is 11.3 Å². The molecule has 0 aromatic carbocycles. The Labute approximate surface area is 112 Å². The predicted molar refractivity (Wildman–Crippen MR) is 68.1 cm³/mol. The average Bonchev–Trinajstić information content (AvgIpc) is 2.72. The molecular weight excluding hydrogens is 250 g/mol. The van der Waals surface area contributed by atoms with Gasteiger partial charge in [-0.2, -0.15) is 0 Å². The molecule has 3 aliphatic rings. The van der Waals surface area contributed by atoms with E-state index in [9.17, 15) is 13.6 Å². The van der Waals surface area contributed by atoms with Crippen molar-refractivity contribution < 1.29 is 13.6 Å². The lowest BCUT2D eigenvalue weighted by molar-refractivity contribution is -0.120. The van der Waals surface area contributed by atoms with Crippen LogP contribution < -0.4 is 0 Å². The van der Waals surface area contributed by atoms with Crippen LogP contribution in [-0.2, 0) is 4.79 Å². The van der Waals surface area contributed by atoms with Gasteiger partial charge in [0.05, 0.1) is 0 Å². The highest BCUT2D eigenvalue weighted by atomic mass is 19.3. The van der Waals surface area contributed by atoms with Gasteiger partial charge >= 0.3 is 0 Å². The van der Waals surface area contributed by atoms with E-state index in [1.807, 2.05) is 4.90 Å². The molecule has 2 heterocycles. The number of carbonyl (C=O) groups excluding carboxylic acids is 1. The summed E-state index contributed by atoms with van der Waals surface area (Å²) in [6, 6.07) is 0.604. The van der Waals surface area contributed by atoms with Crippen LogP contribution in [-0.4, -0.2) is 53.9 Å². The van der Waals surface area contributed by atoms with Crippen LogP contribution in [0.5, 0.6) is 0 Å². The van der Waals surface area contributed by atoms with Gasteiger partial charge in [-0.3, -0.25) is 4.79 Å². The lowest BCUT2D eigenvalue weighted by atomic mass is 9.92. The van der Waals surface area contributed by atoms with Gasteiger partial charge in [0, 0.05) is 30.5 Å². The van der Waals surface area contributed by atoms with Crippen LogP contribution in [0, 0.1) is 5.41 Å². The Hall–Kier alpha value is -0.710. The Morgan fingerprint density at radius 1 is 1.26 bits per heavy atom. The molecule has 0 bridgehead atoms. The molecule has 0 aromatic heterocycles. The predicted octanol–water partition coefficient (Wildman–Crippen LogP) is 2.12. The fourth-order valence-electron chi connectivity index (χ4n) is 3.85. The molecule has 1 amide bonds. The van der Waals surface area contributed by atoms with Gasteiger partial charge < -0.3 is 9.80 Å². The number of hydrogen-bond acceptors (Lipinski definition) is 2. The highest BCUT2D eigenvalue weighted by molar-refractivity contribution is 5.49. The molecule has 5 heteroatoms. The van der Waals surface area contributed by atoms with Crippen LogP contribution in [0.15, 0.2) is 0 Å². The monoisotopic (exact) mass is 272 g/mol. The summed E-state index contributed by atoms with van der Waals surface area (Å²) in [4.78, 5) is 15.2. The first kappa shape index (κ1) is 13.3. The Morgan fingerprint density at radius 3 is 2.42 bits per heavy atom. The van der Waals surface area contributed by atoms with Crippen LogP contribution >= 0.6 is 0 Å². The first-order valence-corrected chi connectivity index (χ1v) is 7.30. The average molecular weight is 272 g/mol. The summed E-state index contributed by atoms with van der Waals surface area (Å²) < 4.78 is 26.6. The van der Waals surface area contributed by atoms with Gasteiger partial charge in [0.2, 0.25) is 6.41 Å². The van der Waals surface area contributed by atoms with Crippen molar-refractivity contribution in [1.82, 2.24) is 9.80 Å². The Bertz CT molecular complexity index is 366. The fourth-order valence-corrected chi connectivity index (χ4v) is 3.85. The smallest absolute Gasteiger partial charge is 0.254 e. The molecule has 3 nitrogen and oxygen atoms in total. The molecule has 0 N–H and O–H groups in total. The molecule has 2 unspecified atom stereocenters. The van der Waals surface area contributed by atoms with Crippen molar-refractivity contribution in [2.75, 3.05) is 19.6 Å². The van der Waals surface area contributed by atoms with E-state index in [0.717, 1.165) is 38.9 Å². The minimum Gasteiger partial charge on any atom is -0.338 e. The summed E-state index contributed by atoms with van der Waals surface area (Å²) in [6.45, 7) is 4.44. The van der Waals surface area contributed by atoms with Gasteiger partial charge in [0.25, 0.3) is 5.92 Å². The minimum absolute atomic E-state index is 0.0920. The van der Waals surface area contributed by atoms with E-state index in [0.29, 0.717) is 18.9 Å². The maximum Gasteiger partial charge on any atom is 0.254 e. The van der Waals surface area contributed by atoms with Crippen LogP contribution in [0.25, 0.3) is 0 Å². The minimum atomic E-state index is -2.41. The maximum atomic E-state index is 13.3. The van der Waals surface area contributed by atoms with E-state index in [1.165, 1.54) is 0 Å². The molecule has 1 spiro atoms. The number of piperidine rings is 1. The molecule has 3 rings (SSSR count). The van der Waals surface area contributed by atoms with E-state index in [-0.39, 0.29) is 12.5 Å². The summed E-state index contributed by atoms with van der Waals surface area (Å²) >= 11 is 0. The zero-order valence-corrected chi connectivity index (χ0v) is 11.4. The van der Waals surface area contributed by atoms with Crippen molar-refractivity contribution in [2.45, 2.75) is 57.0 Å². The molecule has 3 fully saturated rings. The van der Waals surface area contributed by atoms with Crippen LogP contribution in [0.1, 0.15) is 39.0 Å². The number of hydrogen-bond donors (Lipinski definition) is 0. The number of rotatable bonds is 3. The van der Waals surface area contributed by atoms with Gasteiger partial charge in [-0.25, -0.2) is 8.78 Å². The third kappa shape index (κ3) is 2.16. The molecule has 2 atom stereocenters. The first-order chi connectivity index (χ1) is 8.97. The number of alkyl halides is 2. The zero-order chi connectivity index (χ0) is 13.7. The van der Waals surface area contributed by atoms with Crippen LogP contribution in [0.4, 0.5) is 8.78 Å². The third-order valence-electron chi connectivity index (χ3n) is 5.46. The quantitative estimate of drug-likeness (QED) is 0.735. The lowest BCUT2D eigenvalue weighted by Crippen LogP contribution is -2.45. The topological polar surface area (TPSA) is 23.6 Å². The number of likely N-dealkylation sites (tertiary alicyclic amines) is 2. The number of amides is 1. The highest BCUT2D eigenvalue weighted by Crippen LogP contribution is 2.65. The molecule has 0 aromatic rings. The summed E-state index contributed by atoms with van der Waals surface area (Å²) in [7, 11) is 0. The van der Waals surface area contributed by atoms with E-state index in [1.54, 1.807) is 0 Å². The Balaban J connectivity index is 1.52. The Kier molecular flexibility index (Phi) is 3.08. The van der Waals surface area contributed by atoms with Gasteiger partial charge in [-0.15, -0.1) is 0 Å². The molecule has 108 valence electrons.